The van der Waals surface area contributed by atoms with Crippen LogP contribution in [-0.4, -0.2) is 6.03 Å². The summed E-state index contributed by atoms with van der Waals surface area (Å²) in [5.74, 6) is 0. The van der Waals surface area contributed by atoms with Crippen LogP contribution in [-0.2, 0) is 12.7 Å². The highest BCUT2D eigenvalue weighted by molar-refractivity contribution is 5.89. The monoisotopic (exact) mass is 284 g/mol. The molecule has 0 unspecified atom stereocenters. The molecule has 0 spiro atoms. The van der Waals surface area contributed by atoms with Crippen molar-refractivity contribution in [2.75, 3.05) is 5.32 Å². The van der Waals surface area contributed by atoms with Gasteiger partial charge in [0.2, 0.25) is 0 Å². The predicted octanol–water partition coefficient (Wildman–Crippen LogP) is 3.62. The van der Waals surface area contributed by atoms with Crippen molar-refractivity contribution < 1.29 is 22.4 Å². The molecule has 2 rings (SSSR count). The van der Waals surface area contributed by atoms with Crippen LogP contribution in [0, 0.1) is 0 Å². The van der Waals surface area contributed by atoms with E-state index in [-0.39, 0.29) is 12.2 Å². The number of urea groups is 1. The Hall–Kier alpha value is -2.44. The summed E-state index contributed by atoms with van der Waals surface area (Å²) in [6.45, 7) is 0.267. The van der Waals surface area contributed by atoms with Gasteiger partial charge in [0.15, 0.2) is 0 Å². The second-order valence-electron chi connectivity index (χ2n) is 4.01. The van der Waals surface area contributed by atoms with Gasteiger partial charge in [-0.2, -0.15) is 13.2 Å². The highest BCUT2D eigenvalue weighted by Gasteiger charge is 2.29. The van der Waals surface area contributed by atoms with E-state index in [0.717, 1.165) is 17.7 Å². The number of amides is 2. The number of furan rings is 1. The fourth-order valence-corrected chi connectivity index (χ4v) is 1.49. The van der Waals surface area contributed by atoms with E-state index >= 15 is 0 Å². The molecule has 0 radical (unpaired) electrons. The van der Waals surface area contributed by atoms with Crippen LogP contribution in [0.1, 0.15) is 11.1 Å². The number of halogens is 3. The fraction of sp³-hybridized carbons (Fsp3) is 0.154. The summed E-state index contributed by atoms with van der Waals surface area (Å²) in [5, 5.41) is 4.98. The molecule has 4 nitrogen and oxygen atoms in total. The van der Waals surface area contributed by atoms with Crippen LogP contribution in [0.25, 0.3) is 0 Å². The van der Waals surface area contributed by atoms with Crippen LogP contribution in [0.3, 0.4) is 0 Å². The number of hydrogen-bond acceptors (Lipinski definition) is 2. The number of hydrogen-bond donors (Lipinski definition) is 2. The highest BCUT2D eigenvalue weighted by atomic mass is 19.4. The Labute approximate surface area is 112 Å². The normalized spacial score (nSPS) is 11.2. The molecule has 1 aromatic heterocycles. The number of carbonyl (C=O) groups excluding carboxylic acids is 1. The molecule has 0 aliphatic carbocycles. The van der Waals surface area contributed by atoms with Gasteiger partial charge in [-0.1, -0.05) is 0 Å². The molecule has 1 heterocycles. The molecule has 1 aromatic carbocycles. The lowest BCUT2D eigenvalue weighted by Gasteiger charge is -2.09. The van der Waals surface area contributed by atoms with Gasteiger partial charge in [-0.15, -0.1) is 0 Å². The molecular weight excluding hydrogens is 273 g/mol. The molecule has 0 aliphatic rings. The molecular formula is C13H11F3N2O2. The Morgan fingerprint density at radius 1 is 1.15 bits per heavy atom. The molecule has 0 fully saturated rings. The third-order valence-corrected chi connectivity index (χ3v) is 2.50. The van der Waals surface area contributed by atoms with Gasteiger partial charge in [0.25, 0.3) is 0 Å². The van der Waals surface area contributed by atoms with E-state index < -0.39 is 17.8 Å². The first-order valence-electron chi connectivity index (χ1n) is 5.68. The second kappa shape index (κ2) is 5.68. The first-order valence-corrected chi connectivity index (χ1v) is 5.68. The summed E-state index contributed by atoms with van der Waals surface area (Å²) in [6.07, 6.45) is -1.43. The van der Waals surface area contributed by atoms with Crippen molar-refractivity contribution in [1.82, 2.24) is 5.32 Å². The minimum atomic E-state index is -4.39. The lowest BCUT2D eigenvalue weighted by Crippen LogP contribution is -2.28. The molecule has 0 saturated heterocycles. The minimum absolute atomic E-state index is 0.267. The van der Waals surface area contributed by atoms with Crippen molar-refractivity contribution in [2.24, 2.45) is 0 Å². The summed E-state index contributed by atoms with van der Waals surface area (Å²) in [7, 11) is 0. The van der Waals surface area contributed by atoms with Crippen LogP contribution >= 0.6 is 0 Å². The summed E-state index contributed by atoms with van der Waals surface area (Å²) in [6, 6.07) is 5.39. The van der Waals surface area contributed by atoms with Crippen molar-refractivity contribution in [1.29, 1.82) is 0 Å². The predicted molar refractivity (Wildman–Crippen MR) is 66.0 cm³/mol. The van der Waals surface area contributed by atoms with Crippen LogP contribution in [0.4, 0.5) is 23.7 Å². The Balaban J connectivity index is 1.88. The molecule has 0 saturated carbocycles. The van der Waals surface area contributed by atoms with Crippen molar-refractivity contribution in [2.45, 2.75) is 12.7 Å². The van der Waals surface area contributed by atoms with Crippen molar-refractivity contribution in [3.63, 3.8) is 0 Å². The summed E-state index contributed by atoms with van der Waals surface area (Å²) in [5.41, 5.74) is 0.303. The molecule has 2 aromatic rings. The standard InChI is InChI=1S/C13H11F3N2O2/c14-13(15,16)10-1-3-11(4-2-10)18-12(19)17-7-9-5-6-20-8-9/h1-6,8H,7H2,(H2,17,18,19). The van der Waals surface area contributed by atoms with E-state index in [0.29, 0.717) is 0 Å². The van der Waals surface area contributed by atoms with Crippen LogP contribution in [0.15, 0.2) is 47.3 Å². The zero-order chi connectivity index (χ0) is 14.6. The number of carbonyl (C=O) groups is 1. The van der Waals surface area contributed by atoms with Gasteiger partial charge in [0.1, 0.15) is 0 Å². The molecule has 7 heteroatoms. The van der Waals surface area contributed by atoms with Crippen molar-refractivity contribution in [3.8, 4) is 0 Å². The molecule has 0 atom stereocenters. The van der Waals surface area contributed by atoms with Crippen LogP contribution in [0.2, 0.25) is 0 Å². The largest absolute Gasteiger partial charge is 0.472 e. The third kappa shape index (κ3) is 3.78. The smallest absolute Gasteiger partial charge is 0.416 e. The van der Waals surface area contributed by atoms with Gasteiger partial charge in [0.05, 0.1) is 18.1 Å². The number of alkyl halides is 3. The van der Waals surface area contributed by atoms with E-state index in [1.165, 1.54) is 24.7 Å². The first kappa shape index (κ1) is 14.0. The Morgan fingerprint density at radius 3 is 2.40 bits per heavy atom. The SMILES string of the molecule is O=C(NCc1ccoc1)Nc1ccc(C(F)(F)F)cc1. The van der Waals surface area contributed by atoms with E-state index in [9.17, 15) is 18.0 Å². The van der Waals surface area contributed by atoms with Crippen molar-refractivity contribution in [3.05, 3.63) is 54.0 Å². The van der Waals surface area contributed by atoms with E-state index in [1.54, 1.807) is 6.07 Å². The van der Waals surface area contributed by atoms with Gasteiger partial charge < -0.3 is 15.1 Å². The van der Waals surface area contributed by atoms with E-state index in [1.807, 2.05) is 0 Å². The average molecular weight is 284 g/mol. The van der Waals surface area contributed by atoms with Crippen LogP contribution < -0.4 is 10.6 Å². The molecule has 0 aliphatic heterocycles. The van der Waals surface area contributed by atoms with Gasteiger partial charge in [-0.25, -0.2) is 4.79 Å². The maximum atomic E-state index is 12.4. The Kier molecular flexibility index (Phi) is 3.97. The van der Waals surface area contributed by atoms with Gasteiger partial charge in [-0.05, 0) is 30.3 Å². The van der Waals surface area contributed by atoms with Gasteiger partial charge in [0, 0.05) is 17.8 Å². The minimum Gasteiger partial charge on any atom is -0.472 e. The number of benzene rings is 1. The maximum absolute atomic E-state index is 12.4. The topological polar surface area (TPSA) is 54.3 Å². The number of nitrogens with one attached hydrogen (secondary N) is 2. The first-order chi connectivity index (χ1) is 9.45. The van der Waals surface area contributed by atoms with Crippen molar-refractivity contribution >= 4 is 11.7 Å². The van der Waals surface area contributed by atoms with E-state index in [4.69, 9.17) is 4.42 Å². The summed E-state index contributed by atoms with van der Waals surface area (Å²) in [4.78, 5) is 11.5. The quantitative estimate of drug-likeness (QED) is 0.904. The summed E-state index contributed by atoms with van der Waals surface area (Å²) >= 11 is 0. The Morgan fingerprint density at radius 2 is 1.85 bits per heavy atom. The fourth-order valence-electron chi connectivity index (χ4n) is 1.49. The van der Waals surface area contributed by atoms with E-state index in [2.05, 4.69) is 10.6 Å². The molecule has 2 amide bonds. The number of rotatable bonds is 3. The molecule has 0 bridgehead atoms. The van der Waals surface area contributed by atoms with Gasteiger partial charge in [-0.3, -0.25) is 0 Å². The maximum Gasteiger partial charge on any atom is 0.416 e. The molecule has 20 heavy (non-hydrogen) atoms. The zero-order valence-electron chi connectivity index (χ0n) is 10.2. The Bertz CT molecular complexity index is 562. The lowest BCUT2D eigenvalue weighted by atomic mass is 10.2. The van der Waals surface area contributed by atoms with Crippen LogP contribution in [0.5, 0.6) is 0 Å². The average Bonchev–Trinajstić information content (AvgIpc) is 2.89. The molecule has 106 valence electrons. The highest BCUT2D eigenvalue weighted by Crippen LogP contribution is 2.29. The molecule has 2 N–H and O–H groups in total. The number of anilines is 1. The zero-order valence-corrected chi connectivity index (χ0v) is 10.2. The third-order valence-electron chi connectivity index (χ3n) is 2.50. The lowest BCUT2D eigenvalue weighted by molar-refractivity contribution is -0.137. The summed E-state index contributed by atoms with van der Waals surface area (Å²) < 4.78 is 41.9. The second-order valence-corrected chi connectivity index (χ2v) is 4.01. The van der Waals surface area contributed by atoms with Gasteiger partial charge >= 0.3 is 12.2 Å².